The lowest BCUT2D eigenvalue weighted by molar-refractivity contribution is -0.272. The van der Waals surface area contributed by atoms with E-state index in [4.69, 9.17) is 0 Å². The minimum Gasteiger partial charge on any atom is -0.374 e. The summed E-state index contributed by atoms with van der Waals surface area (Å²) in [6.45, 7) is 1.61. The van der Waals surface area contributed by atoms with Crippen LogP contribution in [0.2, 0.25) is 0 Å². The summed E-state index contributed by atoms with van der Waals surface area (Å²) in [5, 5.41) is 17.4. The highest BCUT2D eigenvalue weighted by atomic mass is 32.1. The normalized spacial score (nSPS) is 14.2. The number of alkyl halides is 3. The third-order valence-electron chi connectivity index (χ3n) is 3.50. The number of aryl methyl sites for hydroxylation is 2. The Kier molecular flexibility index (Phi) is 5.68. The number of rotatable bonds is 6. The number of nitrogens with zero attached hydrogens (tertiary/aromatic N) is 3. The lowest BCUT2D eigenvalue weighted by Gasteiger charge is -2.29. The van der Waals surface area contributed by atoms with E-state index >= 15 is 0 Å². The Bertz CT molecular complexity index is 730. The van der Waals surface area contributed by atoms with Gasteiger partial charge in [-0.25, -0.2) is 14.8 Å². The molecule has 0 saturated carbocycles. The SMILES string of the molecule is Cc1csc(CNC(=O)NCCC(O)(c2nccn2C)C(F)(F)F)n1. The van der Waals surface area contributed by atoms with E-state index < -0.39 is 30.1 Å². The third-order valence-corrected chi connectivity index (χ3v) is 4.47. The van der Waals surface area contributed by atoms with Gasteiger partial charge in [0.1, 0.15) is 10.8 Å². The number of nitrogens with one attached hydrogen (secondary N) is 2. The summed E-state index contributed by atoms with van der Waals surface area (Å²) in [6.07, 6.45) is -3.21. The highest BCUT2D eigenvalue weighted by Gasteiger charge is 2.57. The van der Waals surface area contributed by atoms with Gasteiger partial charge < -0.3 is 20.3 Å². The summed E-state index contributed by atoms with van der Waals surface area (Å²) in [7, 11) is 1.36. The van der Waals surface area contributed by atoms with Crippen LogP contribution in [-0.4, -0.2) is 38.4 Å². The van der Waals surface area contributed by atoms with E-state index in [0.29, 0.717) is 5.01 Å². The highest BCUT2D eigenvalue weighted by Crippen LogP contribution is 2.40. The van der Waals surface area contributed by atoms with Gasteiger partial charge in [-0.15, -0.1) is 11.3 Å². The first-order valence-electron chi connectivity index (χ1n) is 7.33. The molecule has 2 amide bonds. The molecule has 2 heterocycles. The molecule has 0 aliphatic heterocycles. The number of aromatic nitrogens is 3. The molecule has 1 atom stereocenters. The van der Waals surface area contributed by atoms with Crippen molar-refractivity contribution in [2.75, 3.05) is 6.54 Å². The van der Waals surface area contributed by atoms with E-state index in [9.17, 15) is 23.1 Å². The van der Waals surface area contributed by atoms with Crippen molar-refractivity contribution >= 4 is 17.4 Å². The molecule has 0 fully saturated rings. The van der Waals surface area contributed by atoms with Gasteiger partial charge in [-0.05, 0) is 6.92 Å². The van der Waals surface area contributed by atoms with Crippen molar-refractivity contribution < 1.29 is 23.1 Å². The van der Waals surface area contributed by atoms with Crippen molar-refractivity contribution in [2.45, 2.75) is 31.7 Å². The lowest BCUT2D eigenvalue weighted by atomic mass is 9.97. The van der Waals surface area contributed by atoms with Crippen LogP contribution < -0.4 is 10.6 Å². The van der Waals surface area contributed by atoms with Gasteiger partial charge in [0, 0.05) is 43.5 Å². The largest absolute Gasteiger partial charge is 0.424 e. The molecule has 2 aromatic rings. The zero-order chi connectivity index (χ0) is 18.7. The summed E-state index contributed by atoms with van der Waals surface area (Å²) >= 11 is 1.37. The average Bonchev–Trinajstić information content (AvgIpc) is 3.12. The first-order chi connectivity index (χ1) is 11.6. The van der Waals surface area contributed by atoms with Crippen LogP contribution in [0.25, 0.3) is 0 Å². The number of imidazole rings is 1. The Morgan fingerprint density at radius 3 is 2.64 bits per heavy atom. The van der Waals surface area contributed by atoms with E-state index in [2.05, 4.69) is 20.6 Å². The zero-order valence-corrected chi connectivity index (χ0v) is 14.4. The molecule has 11 heteroatoms. The zero-order valence-electron chi connectivity index (χ0n) is 13.6. The molecule has 2 rings (SSSR count). The van der Waals surface area contributed by atoms with Crippen molar-refractivity contribution in [1.29, 1.82) is 0 Å². The number of aliphatic hydroxyl groups is 1. The minimum atomic E-state index is -4.93. The topological polar surface area (TPSA) is 92.1 Å². The van der Waals surface area contributed by atoms with Gasteiger partial charge in [-0.2, -0.15) is 13.2 Å². The number of hydrogen-bond acceptors (Lipinski definition) is 5. The fraction of sp³-hybridized carbons (Fsp3) is 0.500. The van der Waals surface area contributed by atoms with Crippen molar-refractivity contribution in [3.05, 3.63) is 34.3 Å². The van der Waals surface area contributed by atoms with Crippen LogP contribution in [0.1, 0.15) is 22.9 Å². The monoisotopic (exact) mass is 377 g/mol. The summed E-state index contributed by atoms with van der Waals surface area (Å²) < 4.78 is 41.0. The second-order valence-corrected chi connectivity index (χ2v) is 6.40. The molecule has 0 aliphatic rings. The quantitative estimate of drug-likeness (QED) is 0.716. The number of carbonyl (C=O) groups is 1. The molecular formula is C14H18F3N5O2S. The Morgan fingerprint density at radius 2 is 2.12 bits per heavy atom. The second kappa shape index (κ2) is 7.40. The van der Waals surface area contributed by atoms with E-state index in [1.54, 1.807) is 0 Å². The van der Waals surface area contributed by atoms with E-state index in [1.165, 1.54) is 30.8 Å². The number of thiazole rings is 1. The molecule has 25 heavy (non-hydrogen) atoms. The first kappa shape index (κ1) is 19.2. The number of halogens is 3. The van der Waals surface area contributed by atoms with Crippen LogP contribution in [0.4, 0.5) is 18.0 Å². The number of carbonyl (C=O) groups excluding carboxylic acids is 1. The van der Waals surface area contributed by atoms with Crippen LogP contribution >= 0.6 is 11.3 Å². The van der Waals surface area contributed by atoms with Crippen LogP contribution in [0, 0.1) is 6.92 Å². The van der Waals surface area contributed by atoms with E-state index in [0.717, 1.165) is 10.3 Å². The van der Waals surface area contributed by atoms with Crippen molar-refractivity contribution in [1.82, 2.24) is 25.2 Å². The molecule has 7 nitrogen and oxygen atoms in total. The lowest BCUT2D eigenvalue weighted by Crippen LogP contribution is -2.47. The van der Waals surface area contributed by atoms with Crippen LogP contribution in [-0.2, 0) is 19.2 Å². The second-order valence-electron chi connectivity index (χ2n) is 5.46. The van der Waals surface area contributed by atoms with Gasteiger partial charge in [-0.1, -0.05) is 0 Å². The van der Waals surface area contributed by atoms with E-state index in [1.807, 2.05) is 12.3 Å². The smallest absolute Gasteiger partial charge is 0.374 e. The Labute approximate surface area is 145 Å². The molecule has 0 aliphatic carbocycles. The van der Waals surface area contributed by atoms with Gasteiger partial charge in [0.15, 0.2) is 0 Å². The summed E-state index contributed by atoms with van der Waals surface area (Å²) in [5.74, 6) is -0.527. The number of urea groups is 1. The predicted octanol–water partition coefficient (Wildman–Crippen LogP) is 1.82. The van der Waals surface area contributed by atoms with Crippen molar-refractivity contribution in [3.8, 4) is 0 Å². The average molecular weight is 377 g/mol. The maximum absolute atomic E-state index is 13.3. The predicted molar refractivity (Wildman–Crippen MR) is 84.9 cm³/mol. The number of hydrogen-bond donors (Lipinski definition) is 3. The van der Waals surface area contributed by atoms with Gasteiger partial charge in [-0.3, -0.25) is 0 Å². The molecule has 0 saturated heterocycles. The molecular weight excluding hydrogens is 359 g/mol. The molecule has 2 aromatic heterocycles. The van der Waals surface area contributed by atoms with Gasteiger partial charge >= 0.3 is 12.2 Å². The summed E-state index contributed by atoms with van der Waals surface area (Å²) in [5.41, 5.74) is -2.32. The first-order valence-corrected chi connectivity index (χ1v) is 8.21. The van der Waals surface area contributed by atoms with Gasteiger partial charge in [0.2, 0.25) is 5.60 Å². The van der Waals surface area contributed by atoms with Gasteiger partial charge in [0.25, 0.3) is 0 Å². The molecule has 1 unspecified atom stereocenters. The maximum Gasteiger partial charge on any atom is 0.424 e. The Balaban J connectivity index is 1.91. The molecule has 0 aromatic carbocycles. The third kappa shape index (κ3) is 4.48. The summed E-state index contributed by atoms with van der Waals surface area (Å²) in [4.78, 5) is 19.4. The Morgan fingerprint density at radius 1 is 1.40 bits per heavy atom. The standard InChI is InChI=1S/C14H18F3N5O2S/c1-9-8-25-10(21-9)7-20-12(23)19-4-3-13(24,14(15,16)17)11-18-5-6-22(11)2/h5-6,8,24H,3-4,7H2,1-2H3,(H2,19,20,23). The molecule has 0 spiro atoms. The molecule has 0 radical (unpaired) electrons. The minimum absolute atomic E-state index is 0.174. The fourth-order valence-corrected chi connectivity index (χ4v) is 2.92. The van der Waals surface area contributed by atoms with Crippen molar-refractivity contribution in [3.63, 3.8) is 0 Å². The molecule has 3 N–H and O–H groups in total. The van der Waals surface area contributed by atoms with Gasteiger partial charge in [0.05, 0.1) is 6.54 Å². The number of amides is 2. The fourth-order valence-electron chi connectivity index (χ4n) is 2.20. The Hall–Kier alpha value is -2.14. The van der Waals surface area contributed by atoms with E-state index in [-0.39, 0.29) is 13.1 Å². The van der Waals surface area contributed by atoms with Crippen molar-refractivity contribution in [2.24, 2.45) is 7.05 Å². The molecule has 0 bridgehead atoms. The van der Waals surface area contributed by atoms with Crippen LogP contribution in [0.15, 0.2) is 17.8 Å². The van der Waals surface area contributed by atoms with Crippen LogP contribution in [0.3, 0.4) is 0 Å². The summed E-state index contributed by atoms with van der Waals surface area (Å²) in [6, 6.07) is -0.641. The highest BCUT2D eigenvalue weighted by molar-refractivity contribution is 7.09. The maximum atomic E-state index is 13.3. The molecule has 138 valence electrons. The van der Waals surface area contributed by atoms with Crippen LogP contribution in [0.5, 0.6) is 0 Å².